The lowest BCUT2D eigenvalue weighted by molar-refractivity contribution is -0.386. The Balaban J connectivity index is 2.86. The number of nitrogens with zero attached hydrogens (tertiary/aromatic N) is 3. The summed E-state index contributed by atoms with van der Waals surface area (Å²) < 4.78 is 5.48. The van der Waals surface area contributed by atoms with Crippen molar-refractivity contribution in [1.29, 1.82) is 0 Å². The van der Waals surface area contributed by atoms with Gasteiger partial charge in [-0.3, -0.25) is 25.0 Å². The van der Waals surface area contributed by atoms with Crippen molar-refractivity contribution in [3.05, 3.63) is 48.7 Å². The monoisotopic (exact) mass is 307 g/mol. The lowest BCUT2D eigenvalue weighted by Crippen LogP contribution is -2.25. The van der Waals surface area contributed by atoms with E-state index in [-0.39, 0.29) is 22.5 Å². The van der Waals surface area contributed by atoms with Gasteiger partial charge in [0.15, 0.2) is 0 Å². The summed E-state index contributed by atoms with van der Waals surface area (Å²) in [6.45, 7) is 4.37. The van der Waals surface area contributed by atoms with Gasteiger partial charge >= 0.3 is 5.69 Å². The van der Waals surface area contributed by atoms with E-state index in [1.807, 2.05) is 0 Å². The topological polar surface area (TPSA) is 120 Å². The molecular formula is C13H13N3O6. The number of nitro groups is 2. The minimum absolute atomic E-state index is 0.0723. The summed E-state index contributed by atoms with van der Waals surface area (Å²) in [4.78, 5) is 34.4. The van der Waals surface area contributed by atoms with Crippen molar-refractivity contribution in [2.24, 2.45) is 0 Å². The van der Waals surface area contributed by atoms with E-state index in [0.29, 0.717) is 13.1 Å². The highest BCUT2D eigenvalue weighted by Gasteiger charge is 2.28. The molecule has 0 unspecified atom stereocenters. The van der Waals surface area contributed by atoms with E-state index in [1.54, 1.807) is 18.7 Å². The third-order valence-electron chi connectivity index (χ3n) is 3.28. The van der Waals surface area contributed by atoms with E-state index in [2.05, 4.69) is 0 Å². The van der Waals surface area contributed by atoms with E-state index in [0.717, 1.165) is 6.07 Å². The fourth-order valence-electron chi connectivity index (χ4n) is 2.16. The Kier molecular flexibility index (Phi) is 4.06. The molecule has 116 valence electrons. The van der Waals surface area contributed by atoms with Crippen molar-refractivity contribution in [1.82, 2.24) is 0 Å². The number of fused-ring (bicyclic) bond motifs is 1. The van der Waals surface area contributed by atoms with Crippen LogP contribution >= 0.6 is 0 Å². The smallest absolute Gasteiger partial charge is 0.376 e. The highest BCUT2D eigenvalue weighted by atomic mass is 16.6. The number of nitro benzene ring substituents is 1. The van der Waals surface area contributed by atoms with Crippen LogP contribution in [0.5, 0.6) is 0 Å². The first-order valence-corrected chi connectivity index (χ1v) is 6.55. The Morgan fingerprint density at radius 1 is 1.14 bits per heavy atom. The summed E-state index contributed by atoms with van der Waals surface area (Å²) >= 11 is 0. The molecule has 0 aliphatic carbocycles. The molecule has 0 aliphatic heterocycles. The van der Waals surface area contributed by atoms with Crippen LogP contribution in [0.2, 0.25) is 0 Å². The molecule has 0 fully saturated rings. The third-order valence-corrected chi connectivity index (χ3v) is 3.28. The Bertz CT molecular complexity index is 809. The zero-order valence-electron chi connectivity index (χ0n) is 11.9. The van der Waals surface area contributed by atoms with Crippen LogP contribution in [0.15, 0.2) is 27.4 Å². The van der Waals surface area contributed by atoms with E-state index < -0.39 is 21.0 Å². The Labute approximate surface area is 124 Å². The standard InChI is InChI=1S/C13H13N3O6/c1-3-14(4-2)13-11(16(20)21)12(17)9-7-8(15(18)19)5-6-10(9)22-13/h5-7H,3-4H2,1-2H3. The van der Waals surface area contributed by atoms with Crippen LogP contribution in [0.25, 0.3) is 11.0 Å². The zero-order valence-corrected chi connectivity index (χ0v) is 11.9. The quantitative estimate of drug-likeness (QED) is 0.614. The maximum atomic E-state index is 12.4. The molecule has 2 rings (SSSR count). The molecule has 2 aromatic rings. The molecule has 0 amide bonds. The highest BCUT2D eigenvalue weighted by Crippen LogP contribution is 2.30. The van der Waals surface area contributed by atoms with Crippen molar-refractivity contribution < 1.29 is 14.3 Å². The molecule has 9 nitrogen and oxygen atoms in total. The second kappa shape index (κ2) is 5.80. The van der Waals surface area contributed by atoms with E-state index >= 15 is 0 Å². The number of benzene rings is 1. The summed E-state index contributed by atoms with van der Waals surface area (Å²) in [5.41, 5.74) is -1.86. The fraction of sp³-hybridized carbons (Fsp3) is 0.308. The molecule has 1 heterocycles. The van der Waals surface area contributed by atoms with Crippen LogP contribution in [0.4, 0.5) is 17.3 Å². The largest absolute Gasteiger partial charge is 0.434 e. The average Bonchev–Trinajstić information content (AvgIpc) is 2.47. The molecule has 0 saturated heterocycles. The minimum atomic E-state index is -0.892. The Morgan fingerprint density at radius 2 is 1.77 bits per heavy atom. The SMILES string of the molecule is CCN(CC)c1oc2ccc([N+](=O)[O-])cc2c(=O)c1[N+](=O)[O-]. The van der Waals surface area contributed by atoms with Crippen LogP contribution in [-0.2, 0) is 0 Å². The van der Waals surface area contributed by atoms with Gasteiger partial charge in [-0.25, -0.2) is 0 Å². The first kappa shape index (κ1) is 15.4. The van der Waals surface area contributed by atoms with Gasteiger partial charge in [0.25, 0.3) is 17.0 Å². The van der Waals surface area contributed by atoms with Gasteiger partial charge in [0.1, 0.15) is 5.58 Å². The maximum Gasteiger partial charge on any atom is 0.376 e. The van der Waals surface area contributed by atoms with Crippen molar-refractivity contribution in [3.8, 4) is 0 Å². The zero-order chi connectivity index (χ0) is 16.4. The molecule has 0 atom stereocenters. The molecule has 0 aliphatic rings. The summed E-state index contributed by atoms with van der Waals surface area (Å²) in [7, 11) is 0. The maximum absolute atomic E-state index is 12.4. The summed E-state index contributed by atoms with van der Waals surface area (Å²) in [6.07, 6.45) is 0. The minimum Gasteiger partial charge on any atom is -0.434 e. The Morgan fingerprint density at radius 3 is 2.27 bits per heavy atom. The number of non-ortho nitro benzene ring substituents is 1. The van der Waals surface area contributed by atoms with Gasteiger partial charge in [-0.15, -0.1) is 0 Å². The molecule has 1 aromatic heterocycles. The first-order chi connectivity index (χ1) is 10.4. The van der Waals surface area contributed by atoms with Gasteiger partial charge in [-0.2, -0.15) is 0 Å². The highest BCUT2D eigenvalue weighted by molar-refractivity contribution is 5.83. The van der Waals surface area contributed by atoms with Crippen molar-refractivity contribution in [3.63, 3.8) is 0 Å². The lowest BCUT2D eigenvalue weighted by atomic mass is 10.2. The summed E-state index contributed by atoms with van der Waals surface area (Å²) in [6, 6.07) is 3.44. The predicted octanol–water partition coefficient (Wildman–Crippen LogP) is 2.46. The molecule has 1 aromatic carbocycles. The number of hydrogen-bond acceptors (Lipinski definition) is 7. The Hall–Kier alpha value is -2.97. The van der Waals surface area contributed by atoms with Crippen molar-refractivity contribution in [2.45, 2.75) is 13.8 Å². The van der Waals surface area contributed by atoms with Gasteiger partial charge in [-0.1, -0.05) is 0 Å². The number of anilines is 1. The molecule has 9 heteroatoms. The third kappa shape index (κ3) is 2.48. The molecule has 0 N–H and O–H groups in total. The summed E-state index contributed by atoms with van der Waals surface area (Å²) in [5.74, 6) is -0.138. The molecular weight excluding hydrogens is 294 g/mol. The normalized spacial score (nSPS) is 10.6. The number of rotatable bonds is 5. The first-order valence-electron chi connectivity index (χ1n) is 6.55. The molecule has 0 saturated carbocycles. The van der Waals surface area contributed by atoms with Crippen molar-refractivity contribution in [2.75, 3.05) is 18.0 Å². The van der Waals surface area contributed by atoms with Crippen molar-refractivity contribution >= 4 is 28.2 Å². The van der Waals surface area contributed by atoms with Gasteiger partial charge in [0, 0.05) is 25.2 Å². The summed E-state index contributed by atoms with van der Waals surface area (Å²) in [5, 5.41) is 21.8. The van der Waals surface area contributed by atoms with E-state index in [4.69, 9.17) is 4.42 Å². The number of hydrogen-bond donors (Lipinski definition) is 0. The molecule has 22 heavy (non-hydrogen) atoms. The molecule has 0 radical (unpaired) electrons. The second-order valence-corrected chi connectivity index (χ2v) is 4.45. The predicted molar refractivity (Wildman–Crippen MR) is 79.4 cm³/mol. The van der Waals surface area contributed by atoms with Gasteiger partial charge in [0.2, 0.25) is 0 Å². The second-order valence-electron chi connectivity index (χ2n) is 4.45. The van der Waals surface area contributed by atoms with E-state index in [9.17, 15) is 25.0 Å². The fourth-order valence-corrected chi connectivity index (χ4v) is 2.16. The lowest BCUT2D eigenvalue weighted by Gasteiger charge is -2.18. The van der Waals surface area contributed by atoms with Crippen LogP contribution in [0, 0.1) is 20.2 Å². The van der Waals surface area contributed by atoms with E-state index in [1.165, 1.54) is 12.1 Å². The average molecular weight is 307 g/mol. The van der Waals surface area contributed by atoms with Gasteiger partial charge in [-0.05, 0) is 19.9 Å². The van der Waals surface area contributed by atoms with Crippen LogP contribution in [0.3, 0.4) is 0 Å². The van der Waals surface area contributed by atoms with Crippen LogP contribution in [-0.4, -0.2) is 22.9 Å². The van der Waals surface area contributed by atoms with Crippen LogP contribution < -0.4 is 10.3 Å². The van der Waals surface area contributed by atoms with Crippen LogP contribution in [0.1, 0.15) is 13.8 Å². The molecule has 0 spiro atoms. The van der Waals surface area contributed by atoms with Gasteiger partial charge in [0.05, 0.1) is 15.2 Å². The van der Waals surface area contributed by atoms with Gasteiger partial charge < -0.3 is 9.32 Å². The molecule has 0 bridgehead atoms.